The number of hydrogen-bond donors (Lipinski definition) is 2. The number of amides is 1. The Morgan fingerprint density at radius 2 is 1.95 bits per heavy atom. The third-order valence-electron chi connectivity index (χ3n) is 3.82. The molecule has 0 aliphatic carbocycles. The van der Waals surface area contributed by atoms with Gasteiger partial charge in [-0.15, -0.1) is 0 Å². The summed E-state index contributed by atoms with van der Waals surface area (Å²) in [5.74, 6) is -0.516. The first-order chi connectivity index (χ1) is 9.45. The van der Waals surface area contributed by atoms with Crippen LogP contribution in [-0.4, -0.2) is 15.5 Å². The maximum atomic E-state index is 11.8. The van der Waals surface area contributed by atoms with E-state index in [1.54, 1.807) is 6.33 Å². The number of aryl methyl sites for hydroxylation is 2. The second-order valence-electron chi connectivity index (χ2n) is 5.06. The Kier molecular flexibility index (Phi) is 3.90. The van der Waals surface area contributed by atoms with Crippen molar-refractivity contribution in [3.05, 3.63) is 53.6 Å². The molecule has 5 heteroatoms. The third-order valence-corrected chi connectivity index (χ3v) is 3.82. The highest BCUT2D eigenvalue weighted by atomic mass is 16.1. The first kappa shape index (κ1) is 14.3. The Balaban J connectivity index is 2.23. The lowest BCUT2D eigenvalue weighted by molar-refractivity contribution is -0.123. The van der Waals surface area contributed by atoms with Crippen LogP contribution in [0.3, 0.4) is 0 Å². The lowest BCUT2D eigenvalue weighted by Crippen LogP contribution is -2.49. The van der Waals surface area contributed by atoms with Gasteiger partial charge in [-0.3, -0.25) is 4.79 Å². The average molecular weight is 272 g/mol. The van der Waals surface area contributed by atoms with E-state index in [2.05, 4.69) is 4.98 Å². The molecule has 0 aliphatic rings. The van der Waals surface area contributed by atoms with Crippen LogP contribution >= 0.6 is 0 Å². The summed E-state index contributed by atoms with van der Waals surface area (Å²) in [5, 5.41) is 0. The molecule has 0 radical (unpaired) electrons. The van der Waals surface area contributed by atoms with Gasteiger partial charge in [-0.25, -0.2) is 4.98 Å². The van der Waals surface area contributed by atoms with Crippen molar-refractivity contribution < 1.29 is 4.79 Å². The van der Waals surface area contributed by atoms with Crippen LogP contribution in [0.15, 0.2) is 36.7 Å². The van der Waals surface area contributed by atoms with Crippen LogP contribution in [0.5, 0.6) is 0 Å². The normalized spacial score (nSPS) is 13.9. The summed E-state index contributed by atoms with van der Waals surface area (Å²) in [6.45, 7) is 4.54. The van der Waals surface area contributed by atoms with Gasteiger partial charge in [0.2, 0.25) is 5.91 Å². The molecule has 2 aromatic rings. The molecule has 1 heterocycles. The van der Waals surface area contributed by atoms with E-state index < -0.39 is 11.4 Å². The van der Waals surface area contributed by atoms with Gasteiger partial charge in [0, 0.05) is 12.2 Å². The fourth-order valence-corrected chi connectivity index (χ4v) is 2.21. The zero-order valence-corrected chi connectivity index (χ0v) is 11.8. The van der Waals surface area contributed by atoms with Crippen molar-refractivity contribution in [2.45, 2.75) is 32.4 Å². The third kappa shape index (κ3) is 2.58. The van der Waals surface area contributed by atoms with E-state index in [4.69, 9.17) is 11.5 Å². The number of nitrogens with two attached hydrogens (primary N) is 2. The summed E-state index contributed by atoms with van der Waals surface area (Å²) in [5.41, 5.74) is 13.4. The maximum absolute atomic E-state index is 11.8. The van der Waals surface area contributed by atoms with Crippen molar-refractivity contribution >= 4 is 5.91 Å². The molecule has 4 N–H and O–H groups in total. The maximum Gasteiger partial charge on any atom is 0.242 e. The van der Waals surface area contributed by atoms with Gasteiger partial charge in [-0.05, 0) is 25.8 Å². The smallest absolute Gasteiger partial charge is 0.242 e. The molecule has 0 saturated carbocycles. The van der Waals surface area contributed by atoms with Gasteiger partial charge in [-0.2, -0.15) is 0 Å². The molecule has 1 atom stereocenters. The monoisotopic (exact) mass is 272 g/mol. The minimum Gasteiger partial charge on any atom is -0.368 e. The molecule has 0 fully saturated rings. The fourth-order valence-electron chi connectivity index (χ4n) is 2.21. The SMILES string of the molecule is Cc1ncn(CCC(N)(C(N)=O)c2ccccc2)c1C. The standard InChI is InChI=1S/C15H20N4O/c1-11-12(2)19(10-18-11)9-8-15(17,14(16)20)13-6-4-3-5-7-13/h3-7,10H,8-9,17H2,1-2H3,(H2,16,20). The van der Waals surface area contributed by atoms with Crippen LogP contribution < -0.4 is 11.5 Å². The number of imidazole rings is 1. The zero-order valence-electron chi connectivity index (χ0n) is 11.8. The highest BCUT2D eigenvalue weighted by Crippen LogP contribution is 2.23. The number of nitrogens with zero attached hydrogens (tertiary/aromatic N) is 2. The molecule has 20 heavy (non-hydrogen) atoms. The number of benzene rings is 1. The van der Waals surface area contributed by atoms with E-state index in [0.717, 1.165) is 17.0 Å². The lowest BCUT2D eigenvalue weighted by Gasteiger charge is -2.26. The van der Waals surface area contributed by atoms with E-state index in [0.29, 0.717) is 13.0 Å². The van der Waals surface area contributed by atoms with Crippen LogP contribution in [0.2, 0.25) is 0 Å². The number of rotatable bonds is 5. The number of primary amides is 1. The topological polar surface area (TPSA) is 86.9 Å². The average Bonchev–Trinajstić information content (AvgIpc) is 2.77. The summed E-state index contributed by atoms with van der Waals surface area (Å²) in [7, 11) is 0. The van der Waals surface area contributed by atoms with Crippen LogP contribution in [-0.2, 0) is 16.9 Å². The Morgan fingerprint density at radius 1 is 1.30 bits per heavy atom. The molecule has 106 valence electrons. The minimum absolute atomic E-state index is 0.434. The van der Waals surface area contributed by atoms with Gasteiger partial charge >= 0.3 is 0 Å². The predicted molar refractivity (Wildman–Crippen MR) is 77.8 cm³/mol. The molecule has 0 saturated heterocycles. The van der Waals surface area contributed by atoms with Crippen LogP contribution in [0.1, 0.15) is 23.4 Å². The summed E-state index contributed by atoms with van der Waals surface area (Å²) in [4.78, 5) is 16.0. The fraction of sp³-hybridized carbons (Fsp3) is 0.333. The number of carbonyl (C=O) groups is 1. The summed E-state index contributed by atoms with van der Waals surface area (Å²) in [6.07, 6.45) is 2.19. The Labute approximate surface area is 118 Å². The molecule has 0 spiro atoms. The molecule has 1 amide bonds. The Hall–Kier alpha value is -2.14. The molecule has 1 aromatic carbocycles. The van der Waals surface area contributed by atoms with Gasteiger partial charge in [0.05, 0.1) is 12.0 Å². The molecule has 1 unspecified atom stereocenters. The molecule has 1 aromatic heterocycles. The Bertz CT molecular complexity index is 606. The largest absolute Gasteiger partial charge is 0.368 e. The van der Waals surface area contributed by atoms with E-state index >= 15 is 0 Å². The van der Waals surface area contributed by atoms with Crippen molar-refractivity contribution in [3.63, 3.8) is 0 Å². The van der Waals surface area contributed by atoms with Crippen molar-refractivity contribution in [3.8, 4) is 0 Å². The first-order valence-electron chi connectivity index (χ1n) is 6.58. The van der Waals surface area contributed by atoms with Crippen LogP contribution in [0.4, 0.5) is 0 Å². The van der Waals surface area contributed by atoms with E-state index in [1.807, 2.05) is 48.7 Å². The molecule has 0 aliphatic heterocycles. The lowest BCUT2D eigenvalue weighted by atomic mass is 9.87. The minimum atomic E-state index is -1.16. The summed E-state index contributed by atoms with van der Waals surface area (Å²) in [6, 6.07) is 9.25. The van der Waals surface area contributed by atoms with Crippen LogP contribution in [0, 0.1) is 13.8 Å². The quantitative estimate of drug-likeness (QED) is 0.858. The van der Waals surface area contributed by atoms with Gasteiger partial charge in [0.25, 0.3) is 0 Å². The Morgan fingerprint density at radius 3 is 2.45 bits per heavy atom. The highest BCUT2D eigenvalue weighted by molar-refractivity contribution is 5.85. The van der Waals surface area contributed by atoms with Crippen LogP contribution in [0.25, 0.3) is 0 Å². The molecular formula is C15H20N4O. The van der Waals surface area contributed by atoms with Gasteiger partial charge in [0.15, 0.2) is 0 Å². The zero-order chi connectivity index (χ0) is 14.8. The number of carbonyl (C=O) groups excluding carboxylic acids is 1. The number of aromatic nitrogens is 2. The second kappa shape index (κ2) is 5.46. The second-order valence-corrected chi connectivity index (χ2v) is 5.06. The molecule has 2 rings (SSSR count). The predicted octanol–water partition coefficient (Wildman–Crippen LogP) is 1.23. The molecular weight excluding hydrogens is 252 g/mol. The van der Waals surface area contributed by atoms with E-state index in [1.165, 1.54) is 0 Å². The van der Waals surface area contributed by atoms with Crippen molar-refractivity contribution in [1.29, 1.82) is 0 Å². The molecule has 0 bridgehead atoms. The van der Waals surface area contributed by atoms with Gasteiger partial charge < -0.3 is 16.0 Å². The highest BCUT2D eigenvalue weighted by Gasteiger charge is 2.33. The first-order valence-corrected chi connectivity index (χ1v) is 6.58. The van der Waals surface area contributed by atoms with Crippen molar-refractivity contribution in [1.82, 2.24) is 9.55 Å². The van der Waals surface area contributed by atoms with Crippen molar-refractivity contribution in [2.24, 2.45) is 11.5 Å². The summed E-state index contributed by atoms with van der Waals surface area (Å²) < 4.78 is 1.99. The van der Waals surface area contributed by atoms with Crippen molar-refractivity contribution in [2.75, 3.05) is 0 Å². The number of hydrogen-bond acceptors (Lipinski definition) is 3. The van der Waals surface area contributed by atoms with E-state index in [-0.39, 0.29) is 0 Å². The summed E-state index contributed by atoms with van der Waals surface area (Å²) >= 11 is 0. The van der Waals surface area contributed by atoms with E-state index in [9.17, 15) is 4.79 Å². The van der Waals surface area contributed by atoms with Gasteiger partial charge in [0.1, 0.15) is 5.54 Å². The molecule has 5 nitrogen and oxygen atoms in total. The van der Waals surface area contributed by atoms with Gasteiger partial charge in [-0.1, -0.05) is 30.3 Å².